The second kappa shape index (κ2) is 5.24. The number of imide groups is 1. The number of hydrogen-bond donors (Lipinski definition) is 1. The fraction of sp³-hybridized carbons (Fsp3) is 0.529. The third kappa shape index (κ3) is 2.17. The minimum Gasteiger partial charge on any atom is -0.296 e. The van der Waals surface area contributed by atoms with Gasteiger partial charge < -0.3 is 0 Å². The predicted octanol–water partition coefficient (Wildman–Crippen LogP) is 3.15. The van der Waals surface area contributed by atoms with Gasteiger partial charge in [-0.3, -0.25) is 14.9 Å². The second-order valence-corrected chi connectivity index (χ2v) is 6.27. The van der Waals surface area contributed by atoms with E-state index in [1.54, 1.807) is 18.2 Å². The Kier molecular flexibility index (Phi) is 3.56. The number of rotatable bonds is 2. The van der Waals surface area contributed by atoms with Gasteiger partial charge in [0.15, 0.2) is 0 Å². The van der Waals surface area contributed by atoms with E-state index in [1.807, 2.05) is 0 Å². The lowest BCUT2D eigenvalue weighted by Gasteiger charge is -2.44. The smallest absolute Gasteiger partial charge is 0.234 e. The number of carbonyl (C=O) groups excluding carboxylic acids is 2. The van der Waals surface area contributed by atoms with E-state index in [9.17, 15) is 14.0 Å². The molecule has 0 radical (unpaired) electrons. The van der Waals surface area contributed by atoms with Crippen molar-refractivity contribution in [3.05, 3.63) is 35.6 Å². The maximum Gasteiger partial charge on any atom is 0.234 e. The number of amides is 2. The van der Waals surface area contributed by atoms with Crippen molar-refractivity contribution >= 4 is 11.8 Å². The fourth-order valence-corrected chi connectivity index (χ4v) is 4.47. The fourth-order valence-electron chi connectivity index (χ4n) is 4.47. The highest BCUT2D eigenvalue weighted by Gasteiger charge is 2.55. The molecule has 112 valence electrons. The van der Waals surface area contributed by atoms with Crippen LogP contribution in [0.25, 0.3) is 0 Å². The van der Waals surface area contributed by atoms with Gasteiger partial charge in [0.2, 0.25) is 11.8 Å². The minimum absolute atomic E-state index is 0.215. The number of carbonyl (C=O) groups is 2. The van der Waals surface area contributed by atoms with Gasteiger partial charge in [0.05, 0.1) is 5.92 Å². The topological polar surface area (TPSA) is 46.2 Å². The van der Waals surface area contributed by atoms with Crippen molar-refractivity contribution < 1.29 is 14.0 Å². The van der Waals surface area contributed by atoms with E-state index in [2.05, 4.69) is 12.2 Å². The summed E-state index contributed by atoms with van der Waals surface area (Å²) in [6, 6.07) is 6.46. The van der Waals surface area contributed by atoms with Crippen LogP contribution in [0.1, 0.15) is 50.5 Å². The molecule has 2 aliphatic rings. The zero-order chi connectivity index (χ0) is 15.0. The zero-order valence-corrected chi connectivity index (χ0v) is 12.2. The van der Waals surface area contributed by atoms with E-state index in [0.29, 0.717) is 17.9 Å². The molecule has 1 aliphatic heterocycles. The lowest BCUT2D eigenvalue weighted by Crippen LogP contribution is -2.52. The van der Waals surface area contributed by atoms with Crippen LogP contribution in [0.15, 0.2) is 24.3 Å². The van der Waals surface area contributed by atoms with Gasteiger partial charge >= 0.3 is 0 Å². The van der Waals surface area contributed by atoms with E-state index >= 15 is 0 Å². The molecule has 1 heterocycles. The average Bonchev–Trinajstić information content (AvgIpc) is 2.82. The summed E-state index contributed by atoms with van der Waals surface area (Å²) < 4.78 is 14.2. The van der Waals surface area contributed by atoms with Crippen molar-refractivity contribution in [2.24, 2.45) is 11.3 Å². The van der Waals surface area contributed by atoms with E-state index in [1.165, 1.54) is 6.07 Å². The van der Waals surface area contributed by atoms with Crippen LogP contribution in [0.2, 0.25) is 0 Å². The Labute approximate surface area is 123 Å². The van der Waals surface area contributed by atoms with Crippen molar-refractivity contribution in [3.8, 4) is 0 Å². The van der Waals surface area contributed by atoms with Gasteiger partial charge in [-0.05, 0) is 30.2 Å². The van der Waals surface area contributed by atoms with E-state index in [-0.39, 0.29) is 17.6 Å². The lowest BCUT2D eigenvalue weighted by atomic mass is 9.61. The zero-order valence-electron chi connectivity index (χ0n) is 12.2. The van der Waals surface area contributed by atoms with E-state index < -0.39 is 11.3 Å². The van der Waals surface area contributed by atoms with Crippen molar-refractivity contribution in [2.45, 2.75) is 44.9 Å². The molecule has 1 saturated carbocycles. The van der Waals surface area contributed by atoms with Crippen molar-refractivity contribution in [1.82, 2.24) is 5.32 Å². The molecule has 2 fully saturated rings. The van der Waals surface area contributed by atoms with Crippen LogP contribution in [0.3, 0.4) is 0 Å². The summed E-state index contributed by atoms with van der Waals surface area (Å²) in [6.07, 6.45) is 4.09. The van der Waals surface area contributed by atoms with Crippen molar-refractivity contribution in [2.75, 3.05) is 0 Å². The molecule has 21 heavy (non-hydrogen) atoms. The molecule has 1 spiro atoms. The van der Waals surface area contributed by atoms with Gasteiger partial charge in [0.25, 0.3) is 0 Å². The first kappa shape index (κ1) is 14.2. The van der Waals surface area contributed by atoms with Crippen LogP contribution in [0.5, 0.6) is 0 Å². The van der Waals surface area contributed by atoms with Gasteiger partial charge in [0, 0.05) is 12.0 Å². The van der Waals surface area contributed by atoms with E-state index in [0.717, 1.165) is 25.7 Å². The highest BCUT2D eigenvalue weighted by atomic mass is 19.1. The molecule has 1 aliphatic carbocycles. The second-order valence-electron chi connectivity index (χ2n) is 6.27. The molecule has 2 amide bonds. The van der Waals surface area contributed by atoms with Gasteiger partial charge in [-0.2, -0.15) is 0 Å². The molecule has 3 rings (SSSR count). The standard InChI is InChI=1S/C17H20FNO2/c1-2-11-6-5-9-17(11)10-14(20)19-16(21)15(17)12-7-3-4-8-13(12)18/h3-4,7-8,11,15H,2,5-6,9-10H2,1H3,(H,19,20,21). The summed E-state index contributed by atoms with van der Waals surface area (Å²) in [5, 5.41) is 2.41. The van der Waals surface area contributed by atoms with E-state index in [4.69, 9.17) is 0 Å². The maximum atomic E-state index is 14.2. The molecule has 3 atom stereocenters. The van der Waals surface area contributed by atoms with Crippen LogP contribution in [0.4, 0.5) is 4.39 Å². The molecule has 1 aromatic carbocycles. The van der Waals surface area contributed by atoms with Gasteiger partial charge in [-0.25, -0.2) is 4.39 Å². The summed E-state index contributed by atoms with van der Waals surface area (Å²) in [5.74, 6) is -1.15. The largest absolute Gasteiger partial charge is 0.296 e. The Morgan fingerprint density at radius 1 is 1.33 bits per heavy atom. The van der Waals surface area contributed by atoms with Crippen LogP contribution < -0.4 is 5.32 Å². The number of halogens is 1. The summed E-state index contributed by atoms with van der Waals surface area (Å²) in [4.78, 5) is 24.4. The highest BCUT2D eigenvalue weighted by Crippen LogP contribution is 2.57. The number of benzene rings is 1. The minimum atomic E-state index is -0.552. The number of piperidine rings is 1. The first-order valence-corrected chi connectivity index (χ1v) is 7.66. The normalized spacial score (nSPS) is 32.5. The Morgan fingerprint density at radius 3 is 2.81 bits per heavy atom. The third-order valence-corrected chi connectivity index (χ3v) is 5.31. The summed E-state index contributed by atoms with van der Waals surface area (Å²) in [7, 11) is 0. The van der Waals surface area contributed by atoms with Gasteiger partial charge in [-0.15, -0.1) is 0 Å². The third-order valence-electron chi connectivity index (χ3n) is 5.31. The summed E-state index contributed by atoms with van der Waals surface area (Å²) in [5.41, 5.74) is 0.0268. The highest BCUT2D eigenvalue weighted by molar-refractivity contribution is 6.02. The molecule has 1 N–H and O–H groups in total. The Morgan fingerprint density at radius 2 is 2.10 bits per heavy atom. The summed E-state index contributed by atoms with van der Waals surface area (Å²) in [6.45, 7) is 2.09. The molecule has 1 aromatic rings. The number of hydrogen-bond acceptors (Lipinski definition) is 2. The SMILES string of the molecule is CCC1CCCC12CC(=O)NC(=O)C2c1ccccc1F. The Hall–Kier alpha value is -1.71. The molecule has 1 saturated heterocycles. The first-order chi connectivity index (χ1) is 10.1. The average molecular weight is 289 g/mol. The number of nitrogens with one attached hydrogen (secondary N) is 1. The molecule has 3 unspecified atom stereocenters. The maximum absolute atomic E-state index is 14.2. The molecule has 0 bridgehead atoms. The predicted molar refractivity (Wildman–Crippen MR) is 77.0 cm³/mol. The van der Waals surface area contributed by atoms with Gasteiger partial charge in [0.1, 0.15) is 5.82 Å². The Balaban J connectivity index is 2.12. The van der Waals surface area contributed by atoms with Crippen LogP contribution >= 0.6 is 0 Å². The molecule has 4 heteroatoms. The quantitative estimate of drug-likeness (QED) is 0.850. The van der Waals surface area contributed by atoms with Crippen LogP contribution in [-0.2, 0) is 9.59 Å². The van der Waals surface area contributed by atoms with Crippen molar-refractivity contribution in [1.29, 1.82) is 0 Å². The monoisotopic (exact) mass is 289 g/mol. The molecule has 0 aromatic heterocycles. The van der Waals surface area contributed by atoms with Crippen LogP contribution in [0, 0.1) is 17.2 Å². The lowest BCUT2D eigenvalue weighted by molar-refractivity contribution is -0.141. The Bertz CT molecular complexity index is 586. The molecular weight excluding hydrogens is 269 g/mol. The molecular formula is C17H20FNO2. The van der Waals surface area contributed by atoms with Crippen molar-refractivity contribution in [3.63, 3.8) is 0 Å². The first-order valence-electron chi connectivity index (χ1n) is 7.66. The summed E-state index contributed by atoms with van der Waals surface area (Å²) >= 11 is 0. The van der Waals surface area contributed by atoms with Gasteiger partial charge in [-0.1, -0.05) is 38.0 Å². The molecule has 3 nitrogen and oxygen atoms in total. The van der Waals surface area contributed by atoms with Crippen LogP contribution in [-0.4, -0.2) is 11.8 Å².